The van der Waals surface area contributed by atoms with Gasteiger partial charge in [-0.2, -0.15) is 0 Å². The zero-order valence-corrected chi connectivity index (χ0v) is 21.4. The molecular weight excluding hydrogens is 492 g/mol. The molecule has 2 unspecified atom stereocenters. The van der Waals surface area contributed by atoms with E-state index in [1.165, 1.54) is 7.11 Å². The van der Waals surface area contributed by atoms with Gasteiger partial charge in [0.2, 0.25) is 5.91 Å². The molecule has 1 amide bonds. The predicted octanol–water partition coefficient (Wildman–Crippen LogP) is 3.50. The number of rotatable bonds is 6. The maximum absolute atomic E-state index is 14.3. The zero-order chi connectivity index (χ0) is 26.9. The number of aliphatic imine (C=N–C) groups is 1. The van der Waals surface area contributed by atoms with Crippen molar-refractivity contribution in [2.24, 2.45) is 4.99 Å². The van der Waals surface area contributed by atoms with Gasteiger partial charge < -0.3 is 15.4 Å². The van der Waals surface area contributed by atoms with Crippen LogP contribution in [0.1, 0.15) is 18.7 Å². The molecule has 2 aromatic carbocycles. The number of allylic oxidation sites excluding steroid dienone is 1. The van der Waals surface area contributed by atoms with Gasteiger partial charge in [-0.15, -0.1) is 0 Å². The molecular formula is C30H26N6O3. The van der Waals surface area contributed by atoms with Gasteiger partial charge in [0.15, 0.2) is 0 Å². The number of benzene rings is 2. The number of fused-ring (bicyclic) bond motifs is 2. The number of nitrogens with one attached hydrogen (secondary N) is 2. The number of carbonyl (C=O) groups excluding carboxylic acids is 1. The lowest BCUT2D eigenvalue weighted by Gasteiger charge is -2.32. The highest BCUT2D eigenvalue weighted by molar-refractivity contribution is 5.96. The number of hydrogen-bond acceptors (Lipinski definition) is 7. The fraction of sp³-hybridized carbons (Fsp3) is 0.167. The van der Waals surface area contributed by atoms with E-state index in [4.69, 9.17) is 4.74 Å². The van der Waals surface area contributed by atoms with Crippen molar-refractivity contribution in [3.05, 3.63) is 107 Å². The standard InChI is InChI=1S/C30H26N6O3/c1-18(34-24-15-26(37)35-23-12-7-13-31-28(23)24)25-14-19-8-6-11-22(20-16-32-30(39-2)33-17-20)27(19)29(38)36(25)21-9-4-3-5-10-21/h3-18,23,28,34H,1-2H3,(H,35,37)/t18-,23?,28?/m0/s1. The molecule has 9 heteroatoms. The third-order valence-electron chi connectivity index (χ3n) is 6.94. The first-order valence-corrected chi connectivity index (χ1v) is 12.6. The second-order valence-electron chi connectivity index (χ2n) is 9.40. The van der Waals surface area contributed by atoms with E-state index in [9.17, 15) is 9.59 Å². The summed E-state index contributed by atoms with van der Waals surface area (Å²) in [7, 11) is 1.51. The van der Waals surface area contributed by atoms with Crippen molar-refractivity contribution in [2.45, 2.75) is 25.0 Å². The van der Waals surface area contributed by atoms with Gasteiger partial charge in [-0.1, -0.05) is 42.5 Å². The summed E-state index contributed by atoms with van der Waals surface area (Å²) in [6.45, 7) is 1.98. The van der Waals surface area contributed by atoms with E-state index in [1.807, 2.05) is 73.7 Å². The number of aromatic nitrogens is 3. The summed E-state index contributed by atoms with van der Waals surface area (Å²) in [6.07, 6.45) is 10.3. The SMILES string of the molecule is COc1ncc(-c2cccc3cc([C@H](C)NC4=CC(=O)NC5C=CC=NC45)n(-c4ccccc4)c(=O)c23)cn1. The minimum absolute atomic E-state index is 0.166. The van der Waals surface area contributed by atoms with E-state index in [1.54, 1.807) is 29.3 Å². The first-order valence-electron chi connectivity index (χ1n) is 12.6. The lowest BCUT2D eigenvalue weighted by molar-refractivity contribution is -0.117. The van der Waals surface area contributed by atoms with Crippen molar-refractivity contribution >= 4 is 22.9 Å². The summed E-state index contributed by atoms with van der Waals surface area (Å²) in [4.78, 5) is 39.7. The van der Waals surface area contributed by atoms with Crippen LogP contribution < -0.4 is 20.9 Å². The predicted molar refractivity (Wildman–Crippen MR) is 150 cm³/mol. The van der Waals surface area contributed by atoms with Crippen LogP contribution in [0, 0.1) is 0 Å². The lowest BCUT2D eigenvalue weighted by atomic mass is 9.97. The Morgan fingerprint density at radius 3 is 2.62 bits per heavy atom. The van der Waals surface area contributed by atoms with Crippen LogP contribution >= 0.6 is 0 Å². The molecule has 2 aliphatic heterocycles. The molecule has 39 heavy (non-hydrogen) atoms. The summed E-state index contributed by atoms with van der Waals surface area (Å²) in [5.41, 5.74) is 3.47. The molecule has 9 nitrogen and oxygen atoms in total. The molecule has 4 aromatic rings. The number of methoxy groups -OCH3 is 1. The molecule has 0 bridgehead atoms. The molecule has 6 rings (SSSR count). The summed E-state index contributed by atoms with van der Waals surface area (Å²) < 4.78 is 6.82. The zero-order valence-electron chi connectivity index (χ0n) is 21.4. The Hall–Kier alpha value is -5.05. The maximum Gasteiger partial charge on any atom is 0.316 e. The molecule has 194 valence electrons. The van der Waals surface area contributed by atoms with Gasteiger partial charge in [0.1, 0.15) is 6.04 Å². The number of nitrogens with zero attached hydrogens (tertiary/aromatic N) is 4. The number of pyridine rings is 1. The van der Waals surface area contributed by atoms with Crippen molar-refractivity contribution in [3.63, 3.8) is 0 Å². The second kappa shape index (κ2) is 10.0. The topological polar surface area (TPSA) is 110 Å². The highest BCUT2D eigenvalue weighted by Gasteiger charge is 2.31. The molecule has 0 fully saturated rings. The van der Waals surface area contributed by atoms with Crippen LogP contribution in [0.4, 0.5) is 0 Å². The number of amides is 1. The Labute approximate surface area is 224 Å². The van der Waals surface area contributed by atoms with E-state index >= 15 is 0 Å². The van der Waals surface area contributed by atoms with Crippen molar-refractivity contribution in [2.75, 3.05) is 7.11 Å². The third kappa shape index (κ3) is 4.48. The molecule has 0 aliphatic carbocycles. The number of dihydropyridines is 1. The minimum atomic E-state index is -0.325. The largest absolute Gasteiger partial charge is 0.467 e. The summed E-state index contributed by atoms with van der Waals surface area (Å²) in [5, 5.41) is 7.76. The molecule has 0 radical (unpaired) electrons. The fourth-order valence-electron chi connectivity index (χ4n) is 5.14. The number of hydrogen-bond donors (Lipinski definition) is 2. The highest BCUT2D eigenvalue weighted by Crippen LogP contribution is 2.30. The van der Waals surface area contributed by atoms with Gasteiger partial charge in [0.05, 0.1) is 24.6 Å². The van der Waals surface area contributed by atoms with Gasteiger partial charge in [-0.05, 0) is 42.1 Å². The molecule has 4 heterocycles. The van der Waals surface area contributed by atoms with Crippen LogP contribution in [-0.4, -0.2) is 45.9 Å². The molecule has 0 saturated heterocycles. The summed E-state index contributed by atoms with van der Waals surface area (Å²) in [6, 6.07) is 16.7. The Morgan fingerprint density at radius 1 is 1.05 bits per heavy atom. The fourth-order valence-corrected chi connectivity index (χ4v) is 5.14. The first-order chi connectivity index (χ1) is 19.0. The summed E-state index contributed by atoms with van der Waals surface area (Å²) >= 11 is 0. The molecule has 2 aliphatic rings. The molecule has 2 N–H and O–H groups in total. The average Bonchev–Trinajstić information content (AvgIpc) is 2.97. The van der Waals surface area contributed by atoms with Crippen molar-refractivity contribution in [1.29, 1.82) is 0 Å². The number of carbonyl (C=O) groups is 1. The smallest absolute Gasteiger partial charge is 0.316 e. The summed E-state index contributed by atoms with van der Waals surface area (Å²) in [5.74, 6) is -0.182. The van der Waals surface area contributed by atoms with E-state index in [-0.39, 0.29) is 35.6 Å². The molecule has 2 aromatic heterocycles. The lowest BCUT2D eigenvalue weighted by Crippen LogP contribution is -2.49. The Morgan fingerprint density at radius 2 is 1.85 bits per heavy atom. The number of para-hydroxylation sites is 1. The van der Waals surface area contributed by atoms with E-state index < -0.39 is 0 Å². The molecule has 3 atom stereocenters. The number of ether oxygens (including phenoxy) is 1. The Balaban J connectivity index is 1.50. The minimum Gasteiger partial charge on any atom is -0.467 e. The van der Waals surface area contributed by atoms with Crippen molar-refractivity contribution in [1.82, 2.24) is 25.2 Å². The van der Waals surface area contributed by atoms with E-state index in [2.05, 4.69) is 25.6 Å². The van der Waals surface area contributed by atoms with Crippen molar-refractivity contribution in [3.8, 4) is 22.8 Å². The monoisotopic (exact) mass is 518 g/mol. The first kappa shape index (κ1) is 24.3. The van der Waals surface area contributed by atoms with E-state index in [0.29, 0.717) is 16.6 Å². The third-order valence-corrected chi connectivity index (χ3v) is 6.94. The van der Waals surface area contributed by atoms with Gasteiger partial charge >= 0.3 is 6.01 Å². The average molecular weight is 519 g/mol. The molecule has 0 saturated carbocycles. The Bertz CT molecular complexity index is 1710. The van der Waals surface area contributed by atoms with Crippen LogP contribution in [0.2, 0.25) is 0 Å². The van der Waals surface area contributed by atoms with Crippen LogP contribution in [0.3, 0.4) is 0 Å². The van der Waals surface area contributed by atoms with Gasteiger partial charge in [0, 0.05) is 47.3 Å². The quantitative estimate of drug-likeness (QED) is 0.404. The van der Waals surface area contributed by atoms with Crippen LogP contribution in [-0.2, 0) is 4.79 Å². The van der Waals surface area contributed by atoms with Crippen LogP contribution in [0.5, 0.6) is 6.01 Å². The molecule has 0 spiro atoms. The van der Waals surface area contributed by atoms with Gasteiger partial charge in [-0.3, -0.25) is 19.1 Å². The normalized spacial score (nSPS) is 18.7. The Kier molecular flexibility index (Phi) is 6.24. The maximum atomic E-state index is 14.3. The van der Waals surface area contributed by atoms with Crippen LogP contribution in [0.25, 0.3) is 27.6 Å². The van der Waals surface area contributed by atoms with Crippen molar-refractivity contribution < 1.29 is 9.53 Å². The van der Waals surface area contributed by atoms with Gasteiger partial charge in [0.25, 0.3) is 5.56 Å². The van der Waals surface area contributed by atoms with E-state index in [0.717, 1.165) is 22.3 Å². The second-order valence-corrected chi connectivity index (χ2v) is 9.40. The van der Waals surface area contributed by atoms with Crippen LogP contribution in [0.15, 0.2) is 101 Å². The van der Waals surface area contributed by atoms with Gasteiger partial charge in [-0.25, -0.2) is 9.97 Å². The highest BCUT2D eigenvalue weighted by atomic mass is 16.5.